The summed E-state index contributed by atoms with van der Waals surface area (Å²) in [6.45, 7) is 0.963. The van der Waals surface area contributed by atoms with Crippen LogP contribution in [0.15, 0.2) is 21.9 Å². The van der Waals surface area contributed by atoms with Gasteiger partial charge in [0, 0.05) is 12.1 Å². The molecule has 1 saturated heterocycles. The molecule has 2 aliphatic rings. The third-order valence-electron chi connectivity index (χ3n) is 4.43. The molecule has 1 aliphatic carbocycles. The smallest absolute Gasteiger partial charge is 0.257 e. The summed E-state index contributed by atoms with van der Waals surface area (Å²) in [5.74, 6) is 1.25. The van der Waals surface area contributed by atoms with Gasteiger partial charge in [-0.15, -0.1) is 21.5 Å². The second kappa shape index (κ2) is 5.81. The van der Waals surface area contributed by atoms with Crippen molar-refractivity contribution in [1.29, 1.82) is 0 Å². The van der Waals surface area contributed by atoms with Crippen LogP contribution in [0.25, 0.3) is 10.8 Å². The number of nitrogens with zero attached hydrogens (tertiary/aromatic N) is 3. The van der Waals surface area contributed by atoms with Gasteiger partial charge in [-0.3, -0.25) is 9.69 Å². The third-order valence-corrected chi connectivity index (χ3v) is 5.29. The van der Waals surface area contributed by atoms with Gasteiger partial charge in [0.2, 0.25) is 11.8 Å². The number of rotatable bonds is 3. The number of piperazine rings is 1. The molecule has 116 valence electrons. The third kappa shape index (κ3) is 2.66. The molecular weight excluding hydrogens is 300 g/mol. The highest BCUT2D eigenvalue weighted by atomic mass is 32.1. The van der Waals surface area contributed by atoms with Crippen molar-refractivity contribution in [2.45, 2.75) is 44.3 Å². The molecule has 1 N–H and O–H groups in total. The lowest BCUT2D eigenvalue weighted by molar-refractivity contribution is -0.128. The van der Waals surface area contributed by atoms with Gasteiger partial charge < -0.3 is 9.73 Å². The van der Waals surface area contributed by atoms with E-state index in [2.05, 4.69) is 20.4 Å². The van der Waals surface area contributed by atoms with E-state index < -0.39 is 0 Å². The monoisotopic (exact) mass is 318 g/mol. The van der Waals surface area contributed by atoms with Crippen molar-refractivity contribution in [1.82, 2.24) is 20.4 Å². The summed E-state index contributed by atoms with van der Waals surface area (Å²) in [5.41, 5.74) is 0. The maximum Gasteiger partial charge on any atom is 0.257 e. The fraction of sp³-hybridized carbons (Fsp3) is 0.533. The number of thiophene rings is 1. The molecule has 0 spiro atoms. The summed E-state index contributed by atoms with van der Waals surface area (Å²) in [7, 11) is 0. The summed E-state index contributed by atoms with van der Waals surface area (Å²) < 4.78 is 5.76. The first kappa shape index (κ1) is 13.9. The van der Waals surface area contributed by atoms with E-state index in [-0.39, 0.29) is 11.9 Å². The molecule has 1 aliphatic heterocycles. The Morgan fingerprint density at radius 1 is 1.36 bits per heavy atom. The molecule has 0 bridgehead atoms. The average molecular weight is 318 g/mol. The summed E-state index contributed by atoms with van der Waals surface area (Å²) in [6.07, 6.45) is 4.60. The minimum Gasteiger partial charge on any atom is -0.419 e. The molecule has 2 aromatic heterocycles. The van der Waals surface area contributed by atoms with E-state index in [0.29, 0.717) is 30.9 Å². The zero-order valence-corrected chi connectivity index (χ0v) is 13.0. The van der Waals surface area contributed by atoms with Crippen molar-refractivity contribution >= 4 is 17.2 Å². The molecule has 7 heteroatoms. The summed E-state index contributed by atoms with van der Waals surface area (Å²) >= 11 is 1.58. The lowest BCUT2D eigenvalue weighted by Gasteiger charge is -2.43. The van der Waals surface area contributed by atoms with Gasteiger partial charge in [0.25, 0.3) is 5.89 Å². The maximum atomic E-state index is 11.9. The second-order valence-corrected chi connectivity index (χ2v) is 6.86. The van der Waals surface area contributed by atoms with Gasteiger partial charge in [-0.05, 0) is 24.3 Å². The van der Waals surface area contributed by atoms with Crippen LogP contribution in [-0.2, 0) is 11.3 Å². The normalized spacial score (nSPS) is 25.7. The molecule has 0 aromatic carbocycles. The number of carbonyl (C=O) groups excluding carboxylic acids is 1. The minimum absolute atomic E-state index is 0.0983. The van der Waals surface area contributed by atoms with E-state index in [1.54, 1.807) is 11.3 Å². The van der Waals surface area contributed by atoms with Gasteiger partial charge in [0.05, 0.1) is 18.0 Å². The van der Waals surface area contributed by atoms with Crippen LogP contribution in [0.3, 0.4) is 0 Å². The van der Waals surface area contributed by atoms with Crippen molar-refractivity contribution < 1.29 is 9.21 Å². The number of hydrogen-bond acceptors (Lipinski definition) is 6. The molecule has 2 aromatic rings. The van der Waals surface area contributed by atoms with E-state index in [0.717, 1.165) is 17.7 Å². The van der Waals surface area contributed by atoms with E-state index in [4.69, 9.17) is 4.42 Å². The van der Waals surface area contributed by atoms with Crippen LogP contribution in [0, 0.1) is 0 Å². The number of hydrogen-bond donors (Lipinski definition) is 1. The lowest BCUT2D eigenvalue weighted by atomic mass is 9.87. The van der Waals surface area contributed by atoms with Crippen LogP contribution in [0.5, 0.6) is 0 Å². The van der Waals surface area contributed by atoms with Crippen molar-refractivity contribution in [3.8, 4) is 10.8 Å². The van der Waals surface area contributed by atoms with Crippen LogP contribution < -0.4 is 5.32 Å². The Hall–Kier alpha value is -1.73. The zero-order valence-electron chi connectivity index (χ0n) is 12.2. The fourth-order valence-electron chi connectivity index (χ4n) is 3.44. The first-order chi connectivity index (χ1) is 10.8. The number of aromatic nitrogens is 2. The number of nitrogens with one attached hydrogen (secondary N) is 1. The predicted molar refractivity (Wildman–Crippen MR) is 82.2 cm³/mol. The number of fused-ring (bicyclic) bond motifs is 1. The van der Waals surface area contributed by atoms with Crippen LogP contribution >= 0.6 is 11.3 Å². The molecule has 4 rings (SSSR count). The summed E-state index contributed by atoms with van der Waals surface area (Å²) in [5, 5.41) is 13.4. The van der Waals surface area contributed by atoms with Gasteiger partial charge in [-0.2, -0.15) is 0 Å². The van der Waals surface area contributed by atoms with Crippen molar-refractivity contribution in [3.05, 3.63) is 23.4 Å². The number of amides is 1. The van der Waals surface area contributed by atoms with Crippen LogP contribution in [0.2, 0.25) is 0 Å². The van der Waals surface area contributed by atoms with E-state index in [1.165, 1.54) is 12.8 Å². The molecule has 2 fully saturated rings. The Morgan fingerprint density at radius 2 is 2.27 bits per heavy atom. The highest BCUT2D eigenvalue weighted by Crippen LogP contribution is 2.28. The predicted octanol–water partition coefficient (Wildman–Crippen LogP) is 2.04. The van der Waals surface area contributed by atoms with Gasteiger partial charge in [0.1, 0.15) is 0 Å². The van der Waals surface area contributed by atoms with Gasteiger partial charge in [0.15, 0.2) is 0 Å². The van der Waals surface area contributed by atoms with E-state index in [9.17, 15) is 4.79 Å². The van der Waals surface area contributed by atoms with Crippen LogP contribution in [0.4, 0.5) is 0 Å². The molecule has 0 radical (unpaired) electrons. The Kier molecular flexibility index (Phi) is 3.67. The fourth-order valence-corrected chi connectivity index (χ4v) is 4.08. The zero-order chi connectivity index (χ0) is 14.9. The Morgan fingerprint density at radius 3 is 3.14 bits per heavy atom. The van der Waals surface area contributed by atoms with Gasteiger partial charge in [-0.1, -0.05) is 18.9 Å². The Labute approximate surface area is 132 Å². The molecule has 3 heterocycles. The molecule has 6 nitrogen and oxygen atoms in total. The largest absolute Gasteiger partial charge is 0.419 e. The van der Waals surface area contributed by atoms with E-state index in [1.807, 2.05) is 17.5 Å². The molecule has 1 saturated carbocycles. The van der Waals surface area contributed by atoms with Gasteiger partial charge in [-0.25, -0.2) is 0 Å². The van der Waals surface area contributed by atoms with E-state index >= 15 is 0 Å². The first-order valence-corrected chi connectivity index (χ1v) is 8.57. The highest BCUT2D eigenvalue weighted by Gasteiger charge is 2.36. The second-order valence-electron chi connectivity index (χ2n) is 5.91. The maximum absolute atomic E-state index is 11.9. The topological polar surface area (TPSA) is 71.3 Å². The van der Waals surface area contributed by atoms with Crippen molar-refractivity contribution in [3.63, 3.8) is 0 Å². The number of carbonyl (C=O) groups is 1. The van der Waals surface area contributed by atoms with Crippen LogP contribution in [0.1, 0.15) is 31.6 Å². The quantitative estimate of drug-likeness (QED) is 0.938. The Bertz CT molecular complexity index is 654. The highest BCUT2D eigenvalue weighted by molar-refractivity contribution is 7.13. The average Bonchev–Trinajstić information content (AvgIpc) is 3.17. The van der Waals surface area contributed by atoms with Crippen molar-refractivity contribution in [2.75, 3.05) is 6.54 Å². The summed E-state index contributed by atoms with van der Waals surface area (Å²) in [6, 6.07) is 4.59. The van der Waals surface area contributed by atoms with Gasteiger partial charge >= 0.3 is 0 Å². The summed E-state index contributed by atoms with van der Waals surface area (Å²) in [4.78, 5) is 15.1. The van der Waals surface area contributed by atoms with Crippen LogP contribution in [-0.4, -0.2) is 39.6 Å². The minimum atomic E-state index is 0.0983. The van der Waals surface area contributed by atoms with Crippen molar-refractivity contribution in [2.24, 2.45) is 0 Å². The molecule has 1 amide bonds. The molecular formula is C15H18N4O2S. The lowest BCUT2D eigenvalue weighted by Crippen LogP contribution is -2.61. The molecule has 22 heavy (non-hydrogen) atoms. The molecule has 0 unspecified atom stereocenters. The standard InChI is InChI=1S/C15H18N4O2S/c20-13-8-19(11-5-2-1-4-10(11)16-13)9-14-17-18-15(21-14)12-6-3-7-22-12/h3,6-7,10-11H,1-2,4-5,8-9H2,(H,16,20)/t10-,11+/m0/s1. The first-order valence-electron chi connectivity index (χ1n) is 7.69. The SMILES string of the molecule is O=C1CN(Cc2nnc(-c3cccs3)o2)[C@@H]2CCCC[C@@H]2N1. The Balaban J connectivity index is 1.51. The molecule has 2 atom stereocenters.